The molecule has 0 saturated heterocycles. The van der Waals surface area contributed by atoms with Crippen molar-refractivity contribution in [3.8, 4) is 0 Å². The Balaban J connectivity index is 1.81. The van der Waals surface area contributed by atoms with Gasteiger partial charge in [0.2, 0.25) is 5.91 Å². The van der Waals surface area contributed by atoms with Gasteiger partial charge in [-0.05, 0) is 29.5 Å². The van der Waals surface area contributed by atoms with Gasteiger partial charge in [-0.3, -0.25) is 9.59 Å². The molecular formula is C19H21NO2S. The summed E-state index contributed by atoms with van der Waals surface area (Å²) in [4.78, 5) is 27.9. The molecule has 0 spiro atoms. The molecular weight excluding hydrogens is 306 g/mol. The van der Waals surface area contributed by atoms with Crippen LogP contribution in [0.25, 0.3) is 0 Å². The lowest BCUT2D eigenvalue weighted by molar-refractivity contribution is -0.119. The largest absolute Gasteiger partial charge is 0.312 e. The molecule has 0 fully saturated rings. The number of fused-ring (bicyclic) bond motifs is 1. The van der Waals surface area contributed by atoms with E-state index in [0.29, 0.717) is 0 Å². The third kappa shape index (κ3) is 3.22. The topological polar surface area (TPSA) is 37.4 Å². The average Bonchev–Trinajstić information content (AvgIpc) is 3.18. The summed E-state index contributed by atoms with van der Waals surface area (Å²) < 4.78 is 0. The van der Waals surface area contributed by atoms with E-state index in [2.05, 4.69) is 6.92 Å². The maximum atomic E-state index is 12.8. The molecule has 1 aromatic carbocycles. The van der Waals surface area contributed by atoms with E-state index in [-0.39, 0.29) is 24.0 Å². The number of benzene rings is 1. The average molecular weight is 327 g/mol. The van der Waals surface area contributed by atoms with Crippen molar-refractivity contribution in [3.63, 3.8) is 0 Å². The number of rotatable bonds is 7. The van der Waals surface area contributed by atoms with Gasteiger partial charge in [-0.15, -0.1) is 11.3 Å². The van der Waals surface area contributed by atoms with Crippen molar-refractivity contribution in [3.05, 3.63) is 52.2 Å². The van der Waals surface area contributed by atoms with Crippen molar-refractivity contribution in [2.24, 2.45) is 0 Å². The fourth-order valence-corrected chi connectivity index (χ4v) is 3.81. The zero-order chi connectivity index (χ0) is 16.2. The Morgan fingerprint density at radius 1 is 1.17 bits per heavy atom. The lowest BCUT2D eigenvalue weighted by atomic mass is 9.95. The van der Waals surface area contributed by atoms with Gasteiger partial charge in [0.25, 0.3) is 0 Å². The Morgan fingerprint density at radius 3 is 2.74 bits per heavy atom. The van der Waals surface area contributed by atoms with Crippen molar-refractivity contribution in [1.29, 1.82) is 0 Å². The van der Waals surface area contributed by atoms with Crippen LogP contribution in [-0.4, -0.2) is 18.2 Å². The first kappa shape index (κ1) is 15.9. The summed E-state index contributed by atoms with van der Waals surface area (Å²) >= 11 is 1.44. The zero-order valence-corrected chi connectivity index (χ0v) is 14.1. The van der Waals surface area contributed by atoms with Crippen molar-refractivity contribution < 1.29 is 9.59 Å². The number of ketones is 1. The summed E-state index contributed by atoms with van der Waals surface area (Å²) in [5.74, 6) is -0.196. The highest BCUT2D eigenvalue weighted by Gasteiger charge is 2.37. The molecule has 1 amide bonds. The molecule has 120 valence electrons. The number of amides is 1. The molecule has 1 aromatic heterocycles. The molecule has 0 radical (unpaired) electrons. The highest BCUT2D eigenvalue weighted by molar-refractivity contribution is 7.12. The first-order valence-corrected chi connectivity index (χ1v) is 9.07. The summed E-state index contributed by atoms with van der Waals surface area (Å²) in [7, 11) is 0. The van der Waals surface area contributed by atoms with E-state index in [9.17, 15) is 9.59 Å². The molecule has 23 heavy (non-hydrogen) atoms. The Bertz CT molecular complexity index is 693. The Labute approximate surface area is 140 Å². The van der Waals surface area contributed by atoms with Gasteiger partial charge in [0.05, 0.1) is 10.8 Å². The molecule has 0 bridgehead atoms. The van der Waals surface area contributed by atoms with Gasteiger partial charge in [0.15, 0.2) is 5.78 Å². The van der Waals surface area contributed by atoms with Crippen LogP contribution in [0.15, 0.2) is 41.8 Å². The number of thiophene rings is 1. The maximum Gasteiger partial charge on any atom is 0.235 e. The minimum atomic E-state index is -0.331. The van der Waals surface area contributed by atoms with Gasteiger partial charge in [-0.25, -0.2) is 0 Å². The number of nitrogens with zero attached hydrogens (tertiary/aromatic N) is 1. The van der Waals surface area contributed by atoms with Crippen LogP contribution < -0.4 is 4.90 Å². The summed E-state index contributed by atoms with van der Waals surface area (Å²) in [6.07, 6.45) is 3.51. The minimum absolute atomic E-state index is 0.0589. The van der Waals surface area contributed by atoms with Gasteiger partial charge in [0.1, 0.15) is 0 Å². The summed E-state index contributed by atoms with van der Waals surface area (Å²) in [5, 5.41) is 1.90. The fraction of sp³-hybridized carbons (Fsp3) is 0.368. The summed E-state index contributed by atoms with van der Waals surface area (Å²) in [6.45, 7) is 2.90. The predicted molar refractivity (Wildman–Crippen MR) is 94.3 cm³/mol. The van der Waals surface area contributed by atoms with Gasteiger partial charge in [0, 0.05) is 18.7 Å². The number of hydrogen-bond acceptors (Lipinski definition) is 3. The van der Waals surface area contributed by atoms with Gasteiger partial charge < -0.3 is 4.90 Å². The highest BCUT2D eigenvalue weighted by Crippen LogP contribution is 2.39. The number of hydrogen-bond donors (Lipinski definition) is 0. The predicted octanol–water partition coefficient (Wildman–Crippen LogP) is 4.64. The smallest absolute Gasteiger partial charge is 0.235 e. The maximum absolute atomic E-state index is 12.8. The normalized spacial score (nSPS) is 16.7. The summed E-state index contributed by atoms with van der Waals surface area (Å²) in [5.41, 5.74) is 1.98. The van der Waals surface area contributed by atoms with Crippen LogP contribution in [0.4, 0.5) is 5.69 Å². The van der Waals surface area contributed by atoms with E-state index >= 15 is 0 Å². The second-order valence-electron chi connectivity index (χ2n) is 5.91. The van der Waals surface area contributed by atoms with Crippen LogP contribution in [0, 0.1) is 0 Å². The van der Waals surface area contributed by atoms with Gasteiger partial charge in [-0.2, -0.15) is 0 Å². The van der Waals surface area contributed by atoms with Gasteiger partial charge in [-0.1, -0.05) is 44.0 Å². The quantitative estimate of drug-likeness (QED) is 0.549. The molecule has 0 N–H and O–H groups in total. The lowest BCUT2D eigenvalue weighted by Crippen LogP contribution is -2.30. The van der Waals surface area contributed by atoms with E-state index in [1.807, 2.05) is 46.7 Å². The van der Waals surface area contributed by atoms with E-state index in [1.165, 1.54) is 11.3 Å². The number of carbonyl (C=O) groups excluding carboxylic acids is 2. The van der Waals surface area contributed by atoms with E-state index < -0.39 is 0 Å². The minimum Gasteiger partial charge on any atom is -0.312 e. The summed E-state index contributed by atoms with van der Waals surface area (Å²) in [6, 6.07) is 11.6. The molecule has 1 aliphatic rings. The Hall–Kier alpha value is -1.94. The second-order valence-corrected chi connectivity index (χ2v) is 6.86. The number of Topliss-reactive ketones (excluding diaryl/α,β-unsaturated/α-hetero) is 1. The first-order valence-electron chi connectivity index (χ1n) is 8.19. The first-order chi connectivity index (χ1) is 11.2. The van der Waals surface area contributed by atoms with Crippen LogP contribution in [0.5, 0.6) is 0 Å². The van der Waals surface area contributed by atoms with Crippen molar-refractivity contribution in [2.75, 3.05) is 11.4 Å². The number of unbranched alkanes of at least 4 members (excludes halogenated alkanes) is 2. The molecule has 1 unspecified atom stereocenters. The van der Waals surface area contributed by atoms with Crippen molar-refractivity contribution >= 4 is 28.7 Å². The third-order valence-electron chi connectivity index (χ3n) is 4.34. The van der Waals surface area contributed by atoms with Crippen molar-refractivity contribution in [1.82, 2.24) is 0 Å². The fourth-order valence-electron chi connectivity index (χ4n) is 3.14. The number of carbonyl (C=O) groups is 2. The van der Waals surface area contributed by atoms with Gasteiger partial charge >= 0.3 is 0 Å². The molecule has 4 heteroatoms. The molecule has 0 saturated carbocycles. The van der Waals surface area contributed by atoms with Crippen molar-refractivity contribution in [2.45, 2.75) is 38.5 Å². The van der Waals surface area contributed by atoms with Crippen LogP contribution in [-0.2, 0) is 4.79 Å². The lowest BCUT2D eigenvalue weighted by Gasteiger charge is -2.17. The molecule has 0 aliphatic carbocycles. The molecule has 2 heterocycles. The number of anilines is 1. The standard InChI is InChI=1S/C19H21NO2S/c1-2-3-6-11-20-16-9-5-4-8-14(16)15(19(20)22)13-17(21)18-10-7-12-23-18/h4-5,7-10,12,15H,2-3,6,11,13H2,1H3. The molecule has 1 aliphatic heterocycles. The molecule has 3 rings (SSSR count). The SMILES string of the molecule is CCCCCN1C(=O)C(CC(=O)c2cccs2)c2ccccc21. The zero-order valence-electron chi connectivity index (χ0n) is 13.3. The Morgan fingerprint density at radius 2 is 2.00 bits per heavy atom. The van der Waals surface area contributed by atoms with E-state index in [0.717, 1.165) is 41.9 Å². The van der Waals surface area contributed by atoms with Crippen LogP contribution >= 0.6 is 11.3 Å². The molecule has 3 nitrogen and oxygen atoms in total. The van der Waals surface area contributed by atoms with E-state index in [4.69, 9.17) is 0 Å². The van der Waals surface area contributed by atoms with Crippen LogP contribution in [0.2, 0.25) is 0 Å². The molecule has 2 aromatic rings. The second kappa shape index (κ2) is 7.09. The van der Waals surface area contributed by atoms with Crippen LogP contribution in [0.3, 0.4) is 0 Å². The number of para-hydroxylation sites is 1. The highest BCUT2D eigenvalue weighted by atomic mass is 32.1. The molecule has 1 atom stereocenters. The third-order valence-corrected chi connectivity index (χ3v) is 5.25. The van der Waals surface area contributed by atoms with E-state index in [1.54, 1.807) is 0 Å². The Kier molecular flexibility index (Phi) is 4.91. The van der Waals surface area contributed by atoms with Crippen LogP contribution in [0.1, 0.15) is 53.8 Å². The monoisotopic (exact) mass is 327 g/mol.